The van der Waals surface area contributed by atoms with E-state index in [1.165, 1.54) is 6.42 Å². The van der Waals surface area contributed by atoms with Gasteiger partial charge in [0.15, 0.2) is 8.32 Å². The highest BCUT2D eigenvalue weighted by Crippen LogP contribution is 2.34. The third-order valence-electron chi connectivity index (χ3n) is 2.82. The number of rotatable bonds is 4. The second-order valence-electron chi connectivity index (χ2n) is 5.13. The van der Waals surface area contributed by atoms with Crippen LogP contribution in [0.25, 0.3) is 0 Å². The van der Waals surface area contributed by atoms with E-state index in [0.717, 1.165) is 5.16 Å². The van der Waals surface area contributed by atoms with Crippen LogP contribution in [0.5, 0.6) is 0 Å². The molecule has 0 bridgehead atoms. The zero-order chi connectivity index (χ0) is 9.99. The molecule has 0 saturated carbocycles. The molecule has 3 heteroatoms. The van der Waals surface area contributed by atoms with Crippen LogP contribution in [0.15, 0.2) is 0 Å². The summed E-state index contributed by atoms with van der Waals surface area (Å²) in [5.41, 5.74) is 0. The molecule has 0 amide bonds. The van der Waals surface area contributed by atoms with E-state index in [1.807, 2.05) is 7.11 Å². The minimum absolute atomic E-state index is 0.884. The Bertz CT molecular complexity index is 138. The fraction of sp³-hybridized carbons (Fsp3) is 1.00. The lowest BCUT2D eigenvalue weighted by atomic mass is 10.6. The Morgan fingerprint density at radius 2 is 1.50 bits per heavy atom. The molecular formula is C9H24OSi2. The summed E-state index contributed by atoms with van der Waals surface area (Å²) in [7, 11) is -0.503. The highest BCUT2D eigenvalue weighted by Gasteiger charge is 2.40. The van der Waals surface area contributed by atoms with Gasteiger partial charge in [-0.05, 0) is 18.3 Å². The molecule has 0 saturated heterocycles. The van der Waals surface area contributed by atoms with Crippen molar-refractivity contribution >= 4 is 16.4 Å². The lowest BCUT2D eigenvalue weighted by Crippen LogP contribution is -2.47. The number of hydrogen-bond donors (Lipinski definition) is 0. The molecule has 0 fully saturated rings. The van der Waals surface area contributed by atoms with Gasteiger partial charge in [0.05, 0.1) is 0 Å². The second-order valence-corrected chi connectivity index (χ2v) is 15.5. The molecule has 74 valence electrons. The molecule has 0 aromatic carbocycles. The van der Waals surface area contributed by atoms with Crippen molar-refractivity contribution in [1.82, 2.24) is 0 Å². The molecule has 0 aliphatic carbocycles. The summed E-state index contributed by atoms with van der Waals surface area (Å²) < 4.78 is 5.69. The first-order chi connectivity index (χ1) is 5.25. The second kappa shape index (κ2) is 4.07. The van der Waals surface area contributed by atoms with Crippen LogP contribution >= 0.6 is 0 Å². The predicted molar refractivity (Wildman–Crippen MR) is 61.9 cm³/mol. The van der Waals surface area contributed by atoms with Crippen molar-refractivity contribution in [1.29, 1.82) is 0 Å². The zero-order valence-corrected chi connectivity index (χ0v) is 11.7. The maximum Gasteiger partial charge on any atom is 0.186 e. The predicted octanol–water partition coefficient (Wildman–Crippen LogP) is 3.50. The SMILES string of the molecule is CCC([Si](C)(C)C)[Si](C)(C)OC. The van der Waals surface area contributed by atoms with E-state index < -0.39 is 16.4 Å². The van der Waals surface area contributed by atoms with E-state index >= 15 is 0 Å². The Balaban J connectivity index is 4.56. The summed E-state index contributed by atoms with van der Waals surface area (Å²) >= 11 is 0. The van der Waals surface area contributed by atoms with Crippen LogP contribution in [0.3, 0.4) is 0 Å². The molecule has 0 spiro atoms. The summed E-state index contributed by atoms with van der Waals surface area (Å²) in [6.07, 6.45) is 1.29. The van der Waals surface area contributed by atoms with Crippen LogP contribution in [0, 0.1) is 0 Å². The molecule has 0 heterocycles. The van der Waals surface area contributed by atoms with Gasteiger partial charge in [-0.25, -0.2) is 0 Å². The van der Waals surface area contributed by atoms with Gasteiger partial charge in [-0.2, -0.15) is 0 Å². The first-order valence-electron chi connectivity index (χ1n) is 4.81. The Labute approximate surface area is 79.7 Å². The molecule has 1 atom stereocenters. The highest BCUT2D eigenvalue weighted by molar-refractivity contribution is 6.94. The Hall–Kier alpha value is 0.394. The van der Waals surface area contributed by atoms with Gasteiger partial charge in [-0.3, -0.25) is 0 Å². The lowest BCUT2D eigenvalue weighted by Gasteiger charge is -2.38. The van der Waals surface area contributed by atoms with Crippen LogP contribution in [0.2, 0.25) is 37.9 Å². The average Bonchev–Trinajstić information content (AvgIpc) is 1.85. The molecule has 0 N–H and O–H groups in total. The van der Waals surface area contributed by atoms with Crippen molar-refractivity contribution in [3.63, 3.8) is 0 Å². The summed E-state index contributed by atoms with van der Waals surface area (Å²) in [6.45, 7) is 14.4. The zero-order valence-electron chi connectivity index (χ0n) is 9.69. The minimum Gasteiger partial charge on any atom is -0.420 e. The molecule has 12 heavy (non-hydrogen) atoms. The number of hydrogen-bond acceptors (Lipinski definition) is 1. The van der Waals surface area contributed by atoms with Crippen LogP contribution in [0.4, 0.5) is 0 Å². The lowest BCUT2D eigenvalue weighted by molar-refractivity contribution is 0.397. The third kappa shape index (κ3) is 3.03. The Morgan fingerprint density at radius 3 is 1.58 bits per heavy atom. The molecule has 0 rings (SSSR count). The monoisotopic (exact) mass is 204 g/mol. The third-order valence-corrected chi connectivity index (χ3v) is 13.1. The van der Waals surface area contributed by atoms with Gasteiger partial charge in [0, 0.05) is 15.2 Å². The Morgan fingerprint density at radius 1 is 1.08 bits per heavy atom. The fourth-order valence-electron chi connectivity index (χ4n) is 2.29. The van der Waals surface area contributed by atoms with Gasteiger partial charge in [0.25, 0.3) is 0 Å². The summed E-state index contributed by atoms with van der Waals surface area (Å²) in [4.78, 5) is 0. The van der Waals surface area contributed by atoms with Gasteiger partial charge in [0.2, 0.25) is 0 Å². The molecule has 0 aromatic rings. The first kappa shape index (κ1) is 12.4. The van der Waals surface area contributed by atoms with E-state index in [2.05, 4.69) is 39.7 Å². The van der Waals surface area contributed by atoms with Crippen molar-refractivity contribution in [2.45, 2.75) is 51.2 Å². The summed E-state index contributed by atoms with van der Waals surface area (Å²) in [5.74, 6) is 0. The molecule has 1 unspecified atom stereocenters. The van der Waals surface area contributed by atoms with Crippen LogP contribution < -0.4 is 0 Å². The van der Waals surface area contributed by atoms with E-state index in [1.54, 1.807) is 0 Å². The van der Waals surface area contributed by atoms with Gasteiger partial charge >= 0.3 is 0 Å². The maximum atomic E-state index is 5.69. The topological polar surface area (TPSA) is 9.23 Å². The average molecular weight is 204 g/mol. The van der Waals surface area contributed by atoms with Crippen molar-refractivity contribution in [3.8, 4) is 0 Å². The first-order valence-corrected chi connectivity index (χ1v) is 11.4. The van der Waals surface area contributed by atoms with E-state index in [4.69, 9.17) is 4.43 Å². The quantitative estimate of drug-likeness (QED) is 0.637. The largest absolute Gasteiger partial charge is 0.420 e. The fourth-order valence-corrected chi connectivity index (χ4v) is 13.5. The Kier molecular flexibility index (Phi) is 4.20. The van der Waals surface area contributed by atoms with E-state index in [-0.39, 0.29) is 0 Å². The van der Waals surface area contributed by atoms with Crippen molar-refractivity contribution in [2.24, 2.45) is 0 Å². The summed E-state index contributed by atoms with van der Waals surface area (Å²) in [6, 6.07) is 0. The van der Waals surface area contributed by atoms with Gasteiger partial charge in [-0.15, -0.1) is 0 Å². The standard InChI is InChI=1S/C9H24OSi2/c1-8-9(11(3,4)5)12(6,7)10-2/h9H,8H2,1-7H3. The van der Waals surface area contributed by atoms with Crippen LogP contribution in [-0.2, 0) is 4.43 Å². The van der Waals surface area contributed by atoms with Crippen molar-refractivity contribution in [3.05, 3.63) is 0 Å². The molecule has 0 aromatic heterocycles. The molecular weight excluding hydrogens is 180 g/mol. The molecule has 0 radical (unpaired) electrons. The summed E-state index contributed by atoms with van der Waals surface area (Å²) in [5, 5.41) is 0.884. The van der Waals surface area contributed by atoms with E-state index in [9.17, 15) is 0 Å². The molecule has 0 aliphatic rings. The minimum atomic E-state index is -1.38. The highest BCUT2D eigenvalue weighted by atomic mass is 28.4. The smallest absolute Gasteiger partial charge is 0.186 e. The normalized spacial score (nSPS) is 16.2. The molecule has 0 aliphatic heterocycles. The maximum absolute atomic E-state index is 5.69. The van der Waals surface area contributed by atoms with Gasteiger partial charge in [0.1, 0.15) is 0 Å². The van der Waals surface area contributed by atoms with Gasteiger partial charge < -0.3 is 4.43 Å². The van der Waals surface area contributed by atoms with Crippen LogP contribution in [0.1, 0.15) is 13.3 Å². The van der Waals surface area contributed by atoms with E-state index in [0.29, 0.717) is 0 Å². The van der Waals surface area contributed by atoms with Crippen LogP contribution in [-0.4, -0.2) is 23.5 Å². The molecule has 1 nitrogen and oxygen atoms in total. The van der Waals surface area contributed by atoms with Crippen molar-refractivity contribution < 1.29 is 4.43 Å². The van der Waals surface area contributed by atoms with Crippen molar-refractivity contribution in [2.75, 3.05) is 7.11 Å². The van der Waals surface area contributed by atoms with Gasteiger partial charge in [-0.1, -0.05) is 33.0 Å².